The van der Waals surface area contributed by atoms with E-state index in [4.69, 9.17) is 0 Å². The number of hydrogen-bond donors (Lipinski definition) is 0. The SMILES string of the molecule is CCCC1=CCc2cc(C#Cc3ccc(F)c(F)c3)c(F)cc2C1. The van der Waals surface area contributed by atoms with E-state index in [1.54, 1.807) is 12.1 Å². The molecule has 0 N–H and O–H groups in total. The van der Waals surface area contributed by atoms with Crippen LogP contribution in [-0.2, 0) is 12.8 Å². The third kappa shape index (κ3) is 3.54. The van der Waals surface area contributed by atoms with Crippen LogP contribution in [0.15, 0.2) is 42.0 Å². The Kier molecular flexibility index (Phi) is 4.76. The van der Waals surface area contributed by atoms with Gasteiger partial charge in [-0.2, -0.15) is 0 Å². The molecule has 0 saturated carbocycles. The minimum Gasteiger partial charge on any atom is -0.206 e. The summed E-state index contributed by atoms with van der Waals surface area (Å²) >= 11 is 0. The molecule has 0 fully saturated rings. The summed E-state index contributed by atoms with van der Waals surface area (Å²) in [6.07, 6.45) is 5.90. The largest absolute Gasteiger partial charge is 0.206 e. The van der Waals surface area contributed by atoms with E-state index in [1.165, 1.54) is 11.6 Å². The molecule has 0 aliphatic heterocycles. The van der Waals surface area contributed by atoms with E-state index in [9.17, 15) is 13.2 Å². The van der Waals surface area contributed by atoms with Gasteiger partial charge in [-0.3, -0.25) is 0 Å². The van der Waals surface area contributed by atoms with Crippen LogP contribution in [0, 0.1) is 29.3 Å². The normalized spacial score (nSPS) is 12.9. The average Bonchev–Trinajstić information content (AvgIpc) is 2.56. The van der Waals surface area contributed by atoms with Crippen molar-refractivity contribution in [1.29, 1.82) is 0 Å². The van der Waals surface area contributed by atoms with Gasteiger partial charge in [-0.1, -0.05) is 36.8 Å². The third-order valence-corrected chi connectivity index (χ3v) is 4.15. The topological polar surface area (TPSA) is 0 Å². The zero-order valence-electron chi connectivity index (χ0n) is 13.4. The predicted molar refractivity (Wildman–Crippen MR) is 89.1 cm³/mol. The van der Waals surface area contributed by atoms with E-state index in [1.807, 2.05) is 0 Å². The van der Waals surface area contributed by atoms with Crippen molar-refractivity contribution >= 4 is 0 Å². The Morgan fingerprint density at radius 1 is 0.917 bits per heavy atom. The molecule has 0 spiro atoms. The van der Waals surface area contributed by atoms with Crippen molar-refractivity contribution in [3.63, 3.8) is 0 Å². The van der Waals surface area contributed by atoms with Crippen LogP contribution in [0.4, 0.5) is 13.2 Å². The maximum Gasteiger partial charge on any atom is 0.160 e. The maximum atomic E-state index is 14.3. The quantitative estimate of drug-likeness (QED) is 0.517. The van der Waals surface area contributed by atoms with Crippen LogP contribution in [0.2, 0.25) is 0 Å². The van der Waals surface area contributed by atoms with Crippen LogP contribution in [0.5, 0.6) is 0 Å². The average molecular weight is 326 g/mol. The van der Waals surface area contributed by atoms with Gasteiger partial charge >= 0.3 is 0 Å². The third-order valence-electron chi connectivity index (χ3n) is 4.15. The standard InChI is InChI=1S/C21H17F3/c1-2-3-14-4-7-16-12-17(20(23)13-18(16)10-14)8-5-15-6-9-19(22)21(24)11-15/h4,6,9,11-13H,2-3,7,10H2,1H3. The van der Waals surface area contributed by atoms with Gasteiger partial charge in [-0.05, 0) is 60.7 Å². The van der Waals surface area contributed by atoms with Crippen LogP contribution in [-0.4, -0.2) is 0 Å². The molecule has 1 aliphatic carbocycles. The molecule has 122 valence electrons. The molecule has 0 aromatic heterocycles. The number of hydrogen-bond acceptors (Lipinski definition) is 0. The molecular formula is C21H17F3. The number of allylic oxidation sites excluding steroid dienone is 2. The summed E-state index contributed by atoms with van der Waals surface area (Å²) < 4.78 is 40.4. The van der Waals surface area contributed by atoms with Crippen LogP contribution < -0.4 is 0 Å². The first-order valence-electron chi connectivity index (χ1n) is 8.03. The van der Waals surface area contributed by atoms with Gasteiger partial charge in [0, 0.05) is 5.56 Å². The molecule has 0 amide bonds. The van der Waals surface area contributed by atoms with Crippen molar-refractivity contribution in [1.82, 2.24) is 0 Å². The molecule has 0 saturated heterocycles. The molecule has 0 bridgehead atoms. The van der Waals surface area contributed by atoms with Gasteiger partial charge in [-0.15, -0.1) is 0 Å². The minimum atomic E-state index is -0.957. The molecule has 3 heteroatoms. The van der Waals surface area contributed by atoms with E-state index in [0.29, 0.717) is 5.56 Å². The molecule has 2 aromatic rings. The van der Waals surface area contributed by atoms with Gasteiger partial charge in [0.15, 0.2) is 11.6 Å². The lowest BCUT2D eigenvalue weighted by Gasteiger charge is -2.17. The molecule has 0 heterocycles. The lowest BCUT2D eigenvalue weighted by atomic mass is 9.88. The van der Waals surface area contributed by atoms with E-state index in [0.717, 1.165) is 48.9 Å². The highest BCUT2D eigenvalue weighted by atomic mass is 19.2. The maximum absolute atomic E-state index is 14.3. The summed E-state index contributed by atoms with van der Waals surface area (Å²) in [7, 11) is 0. The molecule has 0 atom stereocenters. The summed E-state index contributed by atoms with van der Waals surface area (Å²) in [4.78, 5) is 0. The number of benzene rings is 2. The fourth-order valence-electron chi connectivity index (χ4n) is 2.91. The van der Waals surface area contributed by atoms with Crippen molar-refractivity contribution in [2.75, 3.05) is 0 Å². The lowest BCUT2D eigenvalue weighted by Crippen LogP contribution is -2.05. The summed E-state index contributed by atoms with van der Waals surface area (Å²) in [5, 5.41) is 0. The predicted octanol–water partition coefficient (Wildman–Crippen LogP) is 5.33. The Hall–Kier alpha value is -2.47. The van der Waals surface area contributed by atoms with Gasteiger partial charge in [0.1, 0.15) is 5.82 Å². The van der Waals surface area contributed by atoms with Crippen LogP contribution >= 0.6 is 0 Å². The van der Waals surface area contributed by atoms with Crippen molar-refractivity contribution in [2.24, 2.45) is 0 Å². The van der Waals surface area contributed by atoms with E-state index in [-0.39, 0.29) is 11.4 Å². The summed E-state index contributed by atoms with van der Waals surface area (Å²) in [6, 6.07) is 6.71. The highest BCUT2D eigenvalue weighted by Crippen LogP contribution is 2.26. The lowest BCUT2D eigenvalue weighted by molar-refractivity contribution is 0.508. The first-order valence-corrected chi connectivity index (χ1v) is 8.03. The van der Waals surface area contributed by atoms with Gasteiger partial charge in [0.25, 0.3) is 0 Å². The van der Waals surface area contributed by atoms with Crippen LogP contribution in [0.1, 0.15) is 42.0 Å². The molecule has 3 rings (SSSR count). The minimum absolute atomic E-state index is 0.283. The van der Waals surface area contributed by atoms with Gasteiger partial charge in [0.05, 0.1) is 5.56 Å². The zero-order valence-corrected chi connectivity index (χ0v) is 13.4. The molecule has 1 aliphatic rings. The Bertz CT molecular complexity index is 867. The second kappa shape index (κ2) is 6.97. The molecule has 0 radical (unpaired) electrons. The van der Waals surface area contributed by atoms with E-state index in [2.05, 4.69) is 24.8 Å². The number of rotatable bonds is 2. The highest BCUT2D eigenvalue weighted by molar-refractivity contribution is 5.48. The summed E-state index contributed by atoms with van der Waals surface area (Å²) in [6.45, 7) is 2.13. The van der Waals surface area contributed by atoms with Crippen molar-refractivity contribution in [3.05, 3.63) is 81.7 Å². The Balaban J connectivity index is 1.88. The van der Waals surface area contributed by atoms with Gasteiger partial charge < -0.3 is 0 Å². The first-order chi connectivity index (χ1) is 11.6. The molecule has 0 nitrogen and oxygen atoms in total. The van der Waals surface area contributed by atoms with Crippen LogP contribution in [0.3, 0.4) is 0 Å². The first kappa shape index (κ1) is 16.4. The number of fused-ring (bicyclic) bond motifs is 1. The van der Waals surface area contributed by atoms with E-state index >= 15 is 0 Å². The Labute approximate surface area is 140 Å². The van der Waals surface area contributed by atoms with Crippen molar-refractivity contribution in [3.8, 4) is 11.8 Å². The van der Waals surface area contributed by atoms with Crippen molar-refractivity contribution < 1.29 is 13.2 Å². The van der Waals surface area contributed by atoms with Crippen LogP contribution in [0.25, 0.3) is 0 Å². The second-order valence-corrected chi connectivity index (χ2v) is 5.97. The van der Waals surface area contributed by atoms with Gasteiger partial charge in [0.2, 0.25) is 0 Å². The second-order valence-electron chi connectivity index (χ2n) is 5.97. The Morgan fingerprint density at radius 3 is 2.50 bits per heavy atom. The fourth-order valence-corrected chi connectivity index (χ4v) is 2.91. The molecule has 2 aromatic carbocycles. The molecule has 24 heavy (non-hydrogen) atoms. The Morgan fingerprint density at radius 2 is 1.75 bits per heavy atom. The summed E-state index contributed by atoms with van der Waals surface area (Å²) in [5.41, 5.74) is 4.04. The van der Waals surface area contributed by atoms with Crippen molar-refractivity contribution in [2.45, 2.75) is 32.6 Å². The summed E-state index contributed by atoms with van der Waals surface area (Å²) in [5.74, 6) is 3.17. The highest BCUT2D eigenvalue weighted by Gasteiger charge is 2.13. The number of halogens is 3. The fraction of sp³-hybridized carbons (Fsp3) is 0.238. The van der Waals surface area contributed by atoms with E-state index < -0.39 is 11.6 Å². The smallest absolute Gasteiger partial charge is 0.160 e. The molecular weight excluding hydrogens is 309 g/mol. The zero-order chi connectivity index (χ0) is 17.1. The van der Waals surface area contributed by atoms with Gasteiger partial charge in [-0.25, -0.2) is 13.2 Å². The monoisotopic (exact) mass is 326 g/mol. The molecule has 0 unspecified atom stereocenters.